The number of nitrogens with zero attached hydrogens (tertiary/aromatic N) is 2. The van der Waals surface area contributed by atoms with E-state index in [1.807, 2.05) is 6.07 Å². The van der Waals surface area contributed by atoms with Crippen molar-refractivity contribution in [2.45, 2.75) is 59.0 Å². The Kier molecular flexibility index (Phi) is 7.45. The first kappa shape index (κ1) is 20.8. The molecule has 0 atom stereocenters. The van der Waals surface area contributed by atoms with E-state index in [1.54, 1.807) is 7.11 Å². The Labute approximate surface area is 172 Å². The van der Waals surface area contributed by atoms with Crippen LogP contribution in [0.2, 0.25) is 0 Å². The Morgan fingerprint density at radius 3 is 2.79 bits per heavy atom. The first-order valence-electron chi connectivity index (χ1n) is 10.3. The minimum Gasteiger partial charge on any atom is -0.497 e. The van der Waals surface area contributed by atoms with Crippen LogP contribution in [0, 0.1) is 5.92 Å². The standard InChI is InChI=1S/C22H31N3O2S/c1-4-6-16(7-5-2)21(26)24-22-23-19(15-28-22)14-25-11-10-17-12-20(27-3)9-8-18(17)13-25/h8-9,12,15-16H,4-7,10-11,13-14H2,1-3H3,(H,23,24,26). The van der Waals surface area contributed by atoms with Crippen molar-refractivity contribution in [1.82, 2.24) is 9.88 Å². The lowest BCUT2D eigenvalue weighted by Crippen LogP contribution is -2.30. The number of nitrogens with one attached hydrogen (secondary N) is 1. The summed E-state index contributed by atoms with van der Waals surface area (Å²) in [6, 6.07) is 6.34. The highest BCUT2D eigenvalue weighted by Crippen LogP contribution is 2.26. The first-order chi connectivity index (χ1) is 13.6. The fraction of sp³-hybridized carbons (Fsp3) is 0.545. The summed E-state index contributed by atoms with van der Waals surface area (Å²) in [4.78, 5) is 19.6. The maximum absolute atomic E-state index is 12.5. The zero-order chi connectivity index (χ0) is 19.9. The SMILES string of the molecule is CCCC(CCC)C(=O)Nc1nc(CN2CCc3cc(OC)ccc3C2)cs1. The van der Waals surface area contributed by atoms with Crippen LogP contribution in [0.5, 0.6) is 5.75 Å². The fourth-order valence-electron chi connectivity index (χ4n) is 3.83. The third-order valence-corrected chi connectivity index (χ3v) is 6.12. The summed E-state index contributed by atoms with van der Waals surface area (Å²) >= 11 is 1.52. The highest BCUT2D eigenvalue weighted by molar-refractivity contribution is 7.13. The zero-order valence-electron chi connectivity index (χ0n) is 17.2. The second kappa shape index (κ2) is 10.0. The Bertz CT molecular complexity index is 784. The molecule has 5 nitrogen and oxygen atoms in total. The molecule has 0 radical (unpaired) electrons. The molecule has 28 heavy (non-hydrogen) atoms. The van der Waals surface area contributed by atoms with E-state index in [9.17, 15) is 4.79 Å². The molecule has 0 bridgehead atoms. The smallest absolute Gasteiger partial charge is 0.229 e. The molecule has 2 heterocycles. The quantitative estimate of drug-likeness (QED) is 0.652. The number of hydrogen-bond donors (Lipinski definition) is 1. The first-order valence-corrected chi connectivity index (χ1v) is 11.1. The Morgan fingerprint density at radius 1 is 1.29 bits per heavy atom. The number of thiazole rings is 1. The average molecular weight is 402 g/mol. The molecule has 1 aromatic carbocycles. The van der Waals surface area contributed by atoms with Gasteiger partial charge in [0.05, 0.1) is 12.8 Å². The van der Waals surface area contributed by atoms with Gasteiger partial charge in [-0.3, -0.25) is 9.69 Å². The van der Waals surface area contributed by atoms with E-state index in [1.165, 1.54) is 22.5 Å². The number of anilines is 1. The average Bonchev–Trinajstić information content (AvgIpc) is 3.14. The minimum atomic E-state index is 0.0953. The number of benzene rings is 1. The van der Waals surface area contributed by atoms with Gasteiger partial charge in [0.15, 0.2) is 5.13 Å². The van der Waals surface area contributed by atoms with Crippen molar-refractivity contribution in [3.05, 3.63) is 40.4 Å². The van der Waals surface area contributed by atoms with Crippen LogP contribution in [-0.2, 0) is 24.3 Å². The van der Waals surface area contributed by atoms with Gasteiger partial charge in [-0.05, 0) is 42.5 Å². The number of amides is 1. The maximum Gasteiger partial charge on any atom is 0.229 e. The molecule has 1 N–H and O–H groups in total. The highest BCUT2D eigenvalue weighted by Gasteiger charge is 2.20. The predicted octanol–water partition coefficient (Wildman–Crippen LogP) is 4.86. The van der Waals surface area contributed by atoms with Crippen LogP contribution in [0.4, 0.5) is 5.13 Å². The molecule has 0 saturated carbocycles. The van der Waals surface area contributed by atoms with E-state index in [2.05, 4.69) is 46.6 Å². The van der Waals surface area contributed by atoms with Gasteiger partial charge in [-0.2, -0.15) is 0 Å². The summed E-state index contributed by atoms with van der Waals surface area (Å²) in [6.07, 6.45) is 4.97. The Balaban J connectivity index is 1.56. The van der Waals surface area contributed by atoms with E-state index in [-0.39, 0.29) is 11.8 Å². The van der Waals surface area contributed by atoms with Crippen LogP contribution in [-0.4, -0.2) is 29.4 Å². The van der Waals surface area contributed by atoms with E-state index in [0.717, 1.165) is 68.3 Å². The Hall–Kier alpha value is -1.92. The summed E-state index contributed by atoms with van der Waals surface area (Å²) in [5, 5.41) is 5.82. The van der Waals surface area contributed by atoms with Crippen molar-refractivity contribution in [2.24, 2.45) is 5.92 Å². The summed E-state index contributed by atoms with van der Waals surface area (Å²) in [6.45, 7) is 7.00. The summed E-state index contributed by atoms with van der Waals surface area (Å²) < 4.78 is 5.33. The summed E-state index contributed by atoms with van der Waals surface area (Å²) in [7, 11) is 1.71. The van der Waals surface area contributed by atoms with Gasteiger partial charge in [0.2, 0.25) is 5.91 Å². The number of aromatic nitrogens is 1. The van der Waals surface area contributed by atoms with Crippen molar-refractivity contribution >= 4 is 22.4 Å². The van der Waals surface area contributed by atoms with Crippen LogP contribution in [0.1, 0.15) is 56.4 Å². The van der Waals surface area contributed by atoms with Gasteiger partial charge in [0.25, 0.3) is 0 Å². The molecule has 1 aromatic heterocycles. The molecule has 0 unspecified atom stereocenters. The van der Waals surface area contributed by atoms with Crippen LogP contribution in [0.15, 0.2) is 23.6 Å². The third kappa shape index (κ3) is 5.32. The molecule has 1 aliphatic rings. The van der Waals surface area contributed by atoms with E-state index in [0.29, 0.717) is 0 Å². The van der Waals surface area contributed by atoms with Gasteiger partial charge >= 0.3 is 0 Å². The van der Waals surface area contributed by atoms with Crippen LogP contribution < -0.4 is 10.1 Å². The van der Waals surface area contributed by atoms with E-state index < -0.39 is 0 Å². The monoisotopic (exact) mass is 401 g/mol. The lowest BCUT2D eigenvalue weighted by molar-refractivity contribution is -0.120. The van der Waals surface area contributed by atoms with Gasteiger partial charge < -0.3 is 10.1 Å². The van der Waals surface area contributed by atoms with Gasteiger partial charge in [-0.15, -0.1) is 11.3 Å². The van der Waals surface area contributed by atoms with Gasteiger partial charge in [-0.1, -0.05) is 32.8 Å². The highest BCUT2D eigenvalue weighted by atomic mass is 32.1. The van der Waals surface area contributed by atoms with Crippen LogP contribution >= 0.6 is 11.3 Å². The number of fused-ring (bicyclic) bond motifs is 1. The normalized spacial score (nSPS) is 14.1. The van der Waals surface area contributed by atoms with Gasteiger partial charge in [-0.25, -0.2) is 4.98 Å². The number of ether oxygens (including phenoxy) is 1. The topological polar surface area (TPSA) is 54.5 Å². The number of hydrogen-bond acceptors (Lipinski definition) is 5. The summed E-state index contributed by atoms with van der Waals surface area (Å²) in [5.41, 5.74) is 3.76. The van der Waals surface area contributed by atoms with E-state index in [4.69, 9.17) is 4.74 Å². The molecule has 6 heteroatoms. The molecular weight excluding hydrogens is 370 g/mol. The molecule has 3 rings (SSSR count). The number of methoxy groups -OCH3 is 1. The lowest BCUT2D eigenvalue weighted by Gasteiger charge is -2.28. The fourth-order valence-corrected chi connectivity index (χ4v) is 4.53. The van der Waals surface area contributed by atoms with Crippen molar-refractivity contribution in [3.63, 3.8) is 0 Å². The van der Waals surface area contributed by atoms with Crippen LogP contribution in [0.3, 0.4) is 0 Å². The largest absolute Gasteiger partial charge is 0.497 e. The summed E-state index contributed by atoms with van der Waals surface area (Å²) in [5.74, 6) is 1.14. The molecule has 0 saturated heterocycles. The van der Waals surface area contributed by atoms with Crippen LogP contribution in [0.25, 0.3) is 0 Å². The third-order valence-electron chi connectivity index (χ3n) is 5.32. The molecule has 152 valence electrons. The van der Waals surface area contributed by atoms with E-state index >= 15 is 0 Å². The molecule has 0 aliphatic carbocycles. The maximum atomic E-state index is 12.5. The molecule has 1 amide bonds. The van der Waals surface area contributed by atoms with Crippen molar-refractivity contribution in [2.75, 3.05) is 19.0 Å². The molecule has 0 fully saturated rings. The second-order valence-electron chi connectivity index (χ2n) is 7.50. The lowest BCUT2D eigenvalue weighted by atomic mass is 9.97. The van der Waals surface area contributed by atoms with Crippen molar-refractivity contribution in [3.8, 4) is 5.75 Å². The van der Waals surface area contributed by atoms with Gasteiger partial charge in [0.1, 0.15) is 5.75 Å². The zero-order valence-corrected chi connectivity index (χ0v) is 18.0. The Morgan fingerprint density at radius 2 is 2.07 bits per heavy atom. The minimum absolute atomic E-state index is 0.0953. The van der Waals surface area contributed by atoms with Crippen molar-refractivity contribution < 1.29 is 9.53 Å². The number of carbonyl (C=O) groups is 1. The molecular formula is C22H31N3O2S. The molecule has 2 aromatic rings. The predicted molar refractivity (Wildman–Crippen MR) is 115 cm³/mol. The molecule has 1 aliphatic heterocycles. The number of carbonyl (C=O) groups excluding carboxylic acids is 1. The molecule has 0 spiro atoms. The van der Waals surface area contributed by atoms with Crippen molar-refractivity contribution in [1.29, 1.82) is 0 Å². The van der Waals surface area contributed by atoms with Gasteiger partial charge in [0, 0.05) is 30.9 Å². The second-order valence-corrected chi connectivity index (χ2v) is 8.36. The number of rotatable bonds is 9.